The first kappa shape index (κ1) is 23.4. The van der Waals surface area contributed by atoms with Crippen molar-refractivity contribution in [2.75, 3.05) is 25.0 Å². The van der Waals surface area contributed by atoms with Crippen LogP contribution in [-0.2, 0) is 11.3 Å². The van der Waals surface area contributed by atoms with E-state index in [4.69, 9.17) is 11.6 Å². The lowest BCUT2D eigenvalue weighted by molar-refractivity contribution is -0.128. The monoisotopic (exact) mass is 512 g/mol. The van der Waals surface area contributed by atoms with Gasteiger partial charge in [-0.15, -0.1) is 11.3 Å². The van der Waals surface area contributed by atoms with Gasteiger partial charge in [-0.3, -0.25) is 14.5 Å². The summed E-state index contributed by atoms with van der Waals surface area (Å²) in [4.78, 5) is 47.5. The van der Waals surface area contributed by atoms with Gasteiger partial charge in [0.25, 0.3) is 5.91 Å². The van der Waals surface area contributed by atoms with E-state index in [0.717, 1.165) is 23.6 Å². The van der Waals surface area contributed by atoms with E-state index in [1.54, 1.807) is 35.2 Å². The maximum Gasteiger partial charge on any atom is 0.324 e. The number of rotatable bonds is 6. The second-order valence-electron chi connectivity index (χ2n) is 8.73. The number of hydrogen-bond acceptors (Lipinski definition) is 5. The van der Waals surface area contributed by atoms with Crippen molar-refractivity contribution < 1.29 is 14.4 Å². The number of benzene rings is 1. The van der Waals surface area contributed by atoms with Crippen molar-refractivity contribution in [2.45, 2.75) is 32.0 Å². The number of carbonyl (C=O) groups excluding carboxylic acids is 3. The molecule has 4 amide bonds. The van der Waals surface area contributed by atoms with Crippen LogP contribution in [0.2, 0.25) is 4.34 Å². The lowest BCUT2D eigenvalue weighted by atomic mass is 10.1. The molecule has 2 saturated heterocycles. The summed E-state index contributed by atoms with van der Waals surface area (Å²) < 4.78 is 2.50. The molecule has 1 N–H and O–H groups in total. The van der Waals surface area contributed by atoms with Crippen molar-refractivity contribution in [1.29, 1.82) is 0 Å². The highest BCUT2D eigenvalue weighted by molar-refractivity contribution is 7.18. The zero-order chi connectivity index (χ0) is 24.7. The Balaban J connectivity index is 1.28. The predicted molar refractivity (Wildman–Crippen MR) is 134 cm³/mol. The number of thiophene rings is 1. The van der Waals surface area contributed by atoms with Crippen LogP contribution >= 0.6 is 22.9 Å². The molecule has 9 nitrogen and oxygen atoms in total. The highest BCUT2D eigenvalue weighted by Gasteiger charge is 2.46. The molecule has 2 fully saturated rings. The molecule has 1 aromatic carbocycles. The van der Waals surface area contributed by atoms with E-state index in [1.807, 2.05) is 39.9 Å². The molecule has 0 bridgehead atoms. The summed E-state index contributed by atoms with van der Waals surface area (Å²) >= 11 is 7.21. The summed E-state index contributed by atoms with van der Waals surface area (Å²) in [5.74, 6) is 0.561. The molecule has 0 aliphatic carbocycles. The van der Waals surface area contributed by atoms with Crippen molar-refractivity contribution in [3.63, 3.8) is 0 Å². The molecule has 4 heterocycles. The van der Waals surface area contributed by atoms with Crippen LogP contribution in [-0.4, -0.2) is 69.4 Å². The largest absolute Gasteiger partial charge is 0.346 e. The molecule has 2 aliphatic rings. The van der Waals surface area contributed by atoms with E-state index in [2.05, 4.69) is 10.3 Å². The number of imidazole rings is 1. The Morgan fingerprint density at radius 2 is 1.94 bits per heavy atom. The number of nitrogens with one attached hydrogen (secondary N) is 1. The van der Waals surface area contributed by atoms with E-state index in [-0.39, 0.29) is 29.9 Å². The topological polar surface area (TPSA) is 90.8 Å². The van der Waals surface area contributed by atoms with E-state index in [1.165, 1.54) is 18.3 Å². The Morgan fingerprint density at radius 1 is 1.20 bits per heavy atom. The first-order valence-electron chi connectivity index (χ1n) is 11.3. The molecular formula is C24H25ClN6O3S. The van der Waals surface area contributed by atoms with Crippen LogP contribution < -0.4 is 10.2 Å². The van der Waals surface area contributed by atoms with Gasteiger partial charge in [0.1, 0.15) is 5.82 Å². The van der Waals surface area contributed by atoms with Crippen molar-refractivity contribution in [3.05, 3.63) is 63.8 Å². The Hall–Kier alpha value is -3.37. The van der Waals surface area contributed by atoms with E-state index < -0.39 is 0 Å². The predicted octanol–water partition coefficient (Wildman–Crippen LogP) is 3.38. The second kappa shape index (κ2) is 9.35. The third-order valence-electron chi connectivity index (χ3n) is 6.58. The van der Waals surface area contributed by atoms with Gasteiger partial charge in [0, 0.05) is 44.3 Å². The van der Waals surface area contributed by atoms with Gasteiger partial charge < -0.3 is 19.7 Å². The average Bonchev–Trinajstić information content (AvgIpc) is 3.61. The minimum absolute atomic E-state index is 0.0309. The van der Waals surface area contributed by atoms with Gasteiger partial charge in [0.15, 0.2) is 0 Å². The quantitative estimate of drug-likeness (QED) is 0.548. The molecule has 2 aliphatic heterocycles. The number of hydrogen-bond donors (Lipinski definition) is 1. The molecule has 0 spiro atoms. The summed E-state index contributed by atoms with van der Waals surface area (Å²) in [5.41, 5.74) is 1.69. The Morgan fingerprint density at radius 3 is 2.63 bits per heavy atom. The lowest BCUT2D eigenvalue weighted by Crippen LogP contribution is -2.44. The van der Waals surface area contributed by atoms with Gasteiger partial charge in [-0.25, -0.2) is 9.78 Å². The first-order valence-corrected chi connectivity index (χ1v) is 12.5. The molecule has 0 unspecified atom stereocenters. The van der Waals surface area contributed by atoms with Crippen LogP contribution in [0.15, 0.2) is 48.8 Å². The van der Waals surface area contributed by atoms with Crippen molar-refractivity contribution in [1.82, 2.24) is 24.7 Å². The number of fused-ring (bicyclic) bond motifs is 1. The Bertz CT molecular complexity index is 1270. The fourth-order valence-corrected chi connectivity index (χ4v) is 5.55. The summed E-state index contributed by atoms with van der Waals surface area (Å²) in [7, 11) is 1.74. The summed E-state index contributed by atoms with van der Waals surface area (Å²) in [6.07, 6.45) is 4.28. The molecule has 5 rings (SSSR count). The van der Waals surface area contributed by atoms with Crippen molar-refractivity contribution >= 4 is 46.5 Å². The van der Waals surface area contributed by atoms with Crippen molar-refractivity contribution in [2.24, 2.45) is 0 Å². The molecular weight excluding hydrogens is 488 g/mol. The Kier molecular flexibility index (Phi) is 6.24. The summed E-state index contributed by atoms with van der Waals surface area (Å²) in [6.45, 7) is 3.04. The third-order valence-corrected chi connectivity index (χ3v) is 7.81. The molecule has 0 saturated carbocycles. The number of carbonyl (C=O) groups is 3. The van der Waals surface area contributed by atoms with Crippen LogP contribution in [0, 0.1) is 0 Å². The summed E-state index contributed by atoms with van der Waals surface area (Å²) in [5, 5.41) is 3.08. The second-order valence-corrected chi connectivity index (χ2v) is 10.4. The maximum atomic E-state index is 13.1. The average molecular weight is 513 g/mol. The highest BCUT2D eigenvalue weighted by Crippen LogP contribution is 2.32. The van der Waals surface area contributed by atoms with Gasteiger partial charge in [-0.1, -0.05) is 11.6 Å². The molecule has 182 valence electrons. The molecule has 3 aromatic rings. The van der Waals surface area contributed by atoms with Crippen LogP contribution in [0.25, 0.3) is 5.69 Å². The van der Waals surface area contributed by atoms with Crippen LogP contribution in [0.5, 0.6) is 0 Å². The molecule has 2 atom stereocenters. The number of anilines is 1. The van der Waals surface area contributed by atoms with Crippen LogP contribution in [0.1, 0.15) is 28.8 Å². The summed E-state index contributed by atoms with van der Waals surface area (Å²) in [6, 6.07) is 10.9. The minimum atomic E-state index is -0.157. The zero-order valence-electron chi connectivity index (χ0n) is 19.3. The normalized spacial score (nSPS) is 19.2. The minimum Gasteiger partial charge on any atom is -0.346 e. The van der Waals surface area contributed by atoms with Gasteiger partial charge in [0.2, 0.25) is 5.91 Å². The highest BCUT2D eigenvalue weighted by atomic mass is 35.5. The van der Waals surface area contributed by atoms with Crippen LogP contribution in [0.4, 0.5) is 10.5 Å². The molecule has 2 aromatic heterocycles. The smallest absolute Gasteiger partial charge is 0.324 e. The first-order chi connectivity index (χ1) is 16.8. The Labute approximate surface area is 211 Å². The maximum absolute atomic E-state index is 13.1. The lowest BCUT2D eigenvalue weighted by Gasteiger charge is -2.20. The third kappa shape index (κ3) is 4.51. The van der Waals surface area contributed by atoms with E-state index in [9.17, 15) is 14.4 Å². The number of halogens is 1. The van der Waals surface area contributed by atoms with Gasteiger partial charge >= 0.3 is 6.03 Å². The van der Waals surface area contributed by atoms with Gasteiger partial charge in [-0.05, 0) is 42.8 Å². The number of urea groups is 1. The van der Waals surface area contributed by atoms with Gasteiger partial charge in [-0.2, -0.15) is 0 Å². The van der Waals surface area contributed by atoms with E-state index >= 15 is 0 Å². The number of nitrogens with zero attached hydrogens (tertiary/aromatic N) is 5. The fraction of sp³-hybridized carbons (Fsp3) is 0.333. The van der Waals surface area contributed by atoms with E-state index in [0.29, 0.717) is 28.8 Å². The van der Waals surface area contributed by atoms with Crippen molar-refractivity contribution in [3.8, 4) is 5.69 Å². The molecule has 35 heavy (non-hydrogen) atoms. The number of amides is 4. The SMILES string of the molecule is CC(=O)N(C)Cc1nccn1-c1ccc(N2C[C@@H]3[C@H](NC(=O)c4ccc(Cl)s4)CCN3C2=O)cc1. The standard InChI is InChI=1S/C24H25ClN6O3S/c1-15(32)28(2)14-22-26-10-12-29(22)16-3-5-17(6-4-16)31-13-19-18(9-11-30(19)24(31)34)27-23(33)20-7-8-21(25)35-20/h3-8,10,12,18-19H,9,11,13-14H2,1-2H3,(H,27,33)/t18-,19-/m1/s1. The molecule has 11 heteroatoms. The van der Waals surface area contributed by atoms with Gasteiger partial charge in [0.05, 0.1) is 34.4 Å². The zero-order valence-corrected chi connectivity index (χ0v) is 20.9. The number of aromatic nitrogens is 2. The molecule has 0 radical (unpaired) electrons. The van der Waals surface area contributed by atoms with Crippen LogP contribution in [0.3, 0.4) is 0 Å². The fourth-order valence-electron chi connectivity index (χ4n) is 4.60.